The lowest BCUT2D eigenvalue weighted by molar-refractivity contribution is -0.384. The van der Waals surface area contributed by atoms with Crippen LogP contribution in [0.15, 0.2) is 48.5 Å². The van der Waals surface area contributed by atoms with E-state index in [4.69, 9.17) is 0 Å². The number of nitro groups is 1. The van der Waals surface area contributed by atoms with E-state index in [1.807, 2.05) is 0 Å². The van der Waals surface area contributed by atoms with Crippen LogP contribution in [0.4, 0.5) is 5.69 Å². The van der Waals surface area contributed by atoms with Gasteiger partial charge in [-0.15, -0.1) is 0 Å². The normalized spacial score (nSPS) is 9.50. The van der Waals surface area contributed by atoms with Gasteiger partial charge in [-0.1, -0.05) is 18.1 Å². The van der Waals surface area contributed by atoms with Crippen molar-refractivity contribution < 1.29 is 14.5 Å². The number of rotatable bonds is 3. The maximum Gasteiger partial charge on any atom is 0.269 e. The molecule has 0 saturated heterocycles. The fraction of sp³-hybridized carbons (Fsp3) is 0.0588. The summed E-state index contributed by atoms with van der Waals surface area (Å²) in [6.45, 7) is 1.47. The van der Waals surface area contributed by atoms with Crippen molar-refractivity contribution in [3.05, 3.63) is 75.3 Å². The third kappa shape index (κ3) is 3.64. The van der Waals surface area contributed by atoms with Gasteiger partial charge in [-0.3, -0.25) is 19.7 Å². The number of ketones is 2. The highest BCUT2D eigenvalue weighted by Gasteiger charge is 2.07. The third-order valence-corrected chi connectivity index (χ3v) is 2.95. The maximum atomic E-state index is 11.9. The van der Waals surface area contributed by atoms with Crippen LogP contribution >= 0.6 is 0 Å². The minimum atomic E-state index is -0.531. The average molecular weight is 293 g/mol. The van der Waals surface area contributed by atoms with Crippen LogP contribution in [-0.4, -0.2) is 16.5 Å². The lowest BCUT2D eigenvalue weighted by Gasteiger charge is -1.95. The number of carbonyl (C=O) groups is 2. The van der Waals surface area contributed by atoms with E-state index in [0.29, 0.717) is 16.7 Å². The Balaban J connectivity index is 2.15. The number of nitro benzene ring substituents is 1. The quantitative estimate of drug-likeness (QED) is 0.377. The monoisotopic (exact) mass is 293 g/mol. The van der Waals surface area contributed by atoms with Gasteiger partial charge in [0.1, 0.15) is 0 Å². The van der Waals surface area contributed by atoms with Crippen molar-refractivity contribution >= 4 is 17.3 Å². The van der Waals surface area contributed by atoms with Crippen LogP contribution in [0, 0.1) is 22.0 Å². The zero-order valence-electron chi connectivity index (χ0n) is 11.7. The molecule has 0 aliphatic carbocycles. The predicted molar refractivity (Wildman–Crippen MR) is 80.8 cm³/mol. The Morgan fingerprint density at radius 1 is 0.955 bits per heavy atom. The van der Waals surface area contributed by atoms with Gasteiger partial charge in [0.05, 0.1) is 4.92 Å². The lowest BCUT2D eigenvalue weighted by Crippen LogP contribution is -1.96. The van der Waals surface area contributed by atoms with Crippen LogP contribution in [0.3, 0.4) is 0 Å². The van der Waals surface area contributed by atoms with E-state index in [1.165, 1.54) is 31.2 Å². The first-order chi connectivity index (χ1) is 10.5. The van der Waals surface area contributed by atoms with E-state index >= 15 is 0 Å². The van der Waals surface area contributed by atoms with Crippen LogP contribution in [0.1, 0.15) is 33.2 Å². The molecule has 2 aromatic carbocycles. The van der Waals surface area contributed by atoms with Gasteiger partial charge in [0, 0.05) is 28.8 Å². The van der Waals surface area contributed by atoms with E-state index in [-0.39, 0.29) is 11.5 Å². The number of hydrogen-bond acceptors (Lipinski definition) is 4. The van der Waals surface area contributed by atoms with Gasteiger partial charge in [0.2, 0.25) is 5.78 Å². The Bertz CT molecular complexity index is 793. The molecule has 2 rings (SSSR count). The summed E-state index contributed by atoms with van der Waals surface area (Å²) in [7, 11) is 0. The number of non-ortho nitro benzene ring substituents is 1. The summed E-state index contributed by atoms with van der Waals surface area (Å²) in [6, 6.07) is 11.9. The second-order valence-electron chi connectivity index (χ2n) is 4.52. The van der Waals surface area contributed by atoms with Crippen LogP contribution in [0.5, 0.6) is 0 Å². The van der Waals surface area contributed by atoms with Crippen LogP contribution < -0.4 is 0 Å². The molecule has 0 heterocycles. The van der Waals surface area contributed by atoms with Crippen LogP contribution in [0.2, 0.25) is 0 Å². The van der Waals surface area contributed by atoms with E-state index in [1.54, 1.807) is 24.3 Å². The van der Waals surface area contributed by atoms with Gasteiger partial charge in [-0.05, 0) is 37.1 Å². The average Bonchev–Trinajstić information content (AvgIpc) is 2.53. The SMILES string of the molecule is CC(=O)c1ccc(C#CC(=O)c2ccc([N+](=O)[O-])cc2)cc1. The fourth-order valence-corrected chi connectivity index (χ4v) is 1.72. The molecule has 108 valence electrons. The summed E-state index contributed by atoms with van der Waals surface area (Å²) in [5.41, 5.74) is 1.40. The zero-order valence-corrected chi connectivity index (χ0v) is 11.7. The molecule has 0 N–H and O–H groups in total. The van der Waals surface area contributed by atoms with E-state index in [9.17, 15) is 19.7 Å². The molecule has 0 aliphatic heterocycles. The van der Waals surface area contributed by atoms with Crippen molar-refractivity contribution in [2.45, 2.75) is 6.92 Å². The molecule has 0 aliphatic rings. The zero-order chi connectivity index (χ0) is 16.1. The Morgan fingerprint density at radius 2 is 1.50 bits per heavy atom. The number of Topliss-reactive ketones (excluding diaryl/α,β-unsaturated/α-hetero) is 2. The summed E-state index contributed by atoms with van der Waals surface area (Å²) >= 11 is 0. The van der Waals surface area contributed by atoms with Crippen molar-refractivity contribution in [2.75, 3.05) is 0 Å². The summed E-state index contributed by atoms with van der Waals surface area (Å²) in [4.78, 5) is 33.0. The first kappa shape index (κ1) is 15.1. The molecular formula is C17H11NO4. The number of carbonyl (C=O) groups excluding carboxylic acids is 2. The van der Waals surface area contributed by atoms with Crippen LogP contribution in [0.25, 0.3) is 0 Å². The van der Waals surface area contributed by atoms with Gasteiger partial charge in [0.25, 0.3) is 5.69 Å². The van der Waals surface area contributed by atoms with Crippen molar-refractivity contribution in [1.29, 1.82) is 0 Å². The highest BCUT2D eigenvalue weighted by molar-refractivity contribution is 6.09. The Morgan fingerprint density at radius 3 is 2.00 bits per heavy atom. The maximum absolute atomic E-state index is 11.9. The van der Waals surface area contributed by atoms with Crippen LogP contribution in [-0.2, 0) is 0 Å². The van der Waals surface area contributed by atoms with Crippen molar-refractivity contribution in [2.24, 2.45) is 0 Å². The number of hydrogen-bond donors (Lipinski definition) is 0. The first-order valence-electron chi connectivity index (χ1n) is 6.39. The molecule has 0 amide bonds. The van der Waals surface area contributed by atoms with Gasteiger partial charge in [0.15, 0.2) is 5.78 Å². The second-order valence-corrected chi connectivity index (χ2v) is 4.52. The molecule has 5 heteroatoms. The van der Waals surface area contributed by atoms with Crippen molar-refractivity contribution in [1.82, 2.24) is 0 Å². The molecule has 0 saturated carbocycles. The molecule has 0 spiro atoms. The van der Waals surface area contributed by atoms with Gasteiger partial charge in [-0.25, -0.2) is 0 Å². The van der Waals surface area contributed by atoms with E-state index < -0.39 is 10.7 Å². The summed E-state index contributed by atoms with van der Waals surface area (Å²) < 4.78 is 0. The minimum Gasteiger partial charge on any atom is -0.295 e. The third-order valence-electron chi connectivity index (χ3n) is 2.95. The largest absolute Gasteiger partial charge is 0.295 e. The van der Waals surface area contributed by atoms with Crippen molar-refractivity contribution in [3.63, 3.8) is 0 Å². The number of nitrogens with zero attached hydrogens (tertiary/aromatic N) is 1. The minimum absolute atomic E-state index is 0.0403. The highest BCUT2D eigenvalue weighted by Crippen LogP contribution is 2.12. The molecule has 0 aromatic heterocycles. The van der Waals surface area contributed by atoms with Crippen molar-refractivity contribution in [3.8, 4) is 11.8 Å². The summed E-state index contributed by atoms with van der Waals surface area (Å²) in [5.74, 6) is 4.70. The molecular weight excluding hydrogens is 282 g/mol. The predicted octanol–water partition coefficient (Wildman–Crippen LogP) is 3.03. The van der Waals surface area contributed by atoms with Gasteiger partial charge < -0.3 is 0 Å². The topological polar surface area (TPSA) is 77.3 Å². The molecule has 0 radical (unpaired) electrons. The Hall–Kier alpha value is -3.26. The second kappa shape index (κ2) is 6.46. The Labute approximate surface area is 126 Å². The Kier molecular flexibility index (Phi) is 4.44. The molecule has 0 bridgehead atoms. The standard InChI is InChI=1S/C17H11NO4/c1-12(19)14-5-2-13(3-6-14)4-11-17(20)15-7-9-16(10-8-15)18(21)22/h2-3,5-10H,1H3. The van der Waals surface area contributed by atoms with Gasteiger partial charge in [-0.2, -0.15) is 0 Å². The molecule has 0 atom stereocenters. The smallest absolute Gasteiger partial charge is 0.269 e. The fourth-order valence-electron chi connectivity index (χ4n) is 1.72. The highest BCUT2D eigenvalue weighted by atomic mass is 16.6. The van der Waals surface area contributed by atoms with E-state index in [2.05, 4.69) is 11.8 Å². The molecule has 22 heavy (non-hydrogen) atoms. The van der Waals surface area contributed by atoms with Gasteiger partial charge >= 0.3 is 0 Å². The number of benzene rings is 2. The summed E-state index contributed by atoms with van der Waals surface area (Å²) in [5, 5.41) is 10.5. The summed E-state index contributed by atoms with van der Waals surface area (Å²) in [6.07, 6.45) is 0. The van der Waals surface area contributed by atoms with E-state index in [0.717, 1.165) is 0 Å². The first-order valence-corrected chi connectivity index (χ1v) is 6.39. The molecule has 0 unspecified atom stereocenters. The lowest BCUT2D eigenvalue weighted by atomic mass is 10.1. The molecule has 2 aromatic rings. The molecule has 0 fully saturated rings. The molecule has 5 nitrogen and oxygen atoms in total.